The van der Waals surface area contributed by atoms with E-state index < -0.39 is 17.7 Å². The molecule has 0 fully saturated rings. The van der Waals surface area contributed by atoms with Crippen molar-refractivity contribution in [2.75, 3.05) is 6.54 Å². The molecule has 0 saturated carbocycles. The Balaban J connectivity index is 2.63. The molecule has 0 amide bonds. The summed E-state index contributed by atoms with van der Waals surface area (Å²) in [5, 5.41) is 13.0. The van der Waals surface area contributed by atoms with E-state index in [9.17, 15) is 13.9 Å². The van der Waals surface area contributed by atoms with Crippen LogP contribution in [0.15, 0.2) is 12.1 Å². The van der Waals surface area contributed by atoms with Gasteiger partial charge in [0.1, 0.15) is 11.6 Å². The predicted molar refractivity (Wildman–Crippen MR) is 77.6 cm³/mol. The van der Waals surface area contributed by atoms with Gasteiger partial charge in [0, 0.05) is 18.2 Å². The summed E-state index contributed by atoms with van der Waals surface area (Å²) in [7, 11) is 0. The van der Waals surface area contributed by atoms with Crippen LogP contribution in [0.4, 0.5) is 8.78 Å². The lowest BCUT2D eigenvalue weighted by Crippen LogP contribution is -2.32. The van der Waals surface area contributed by atoms with Crippen LogP contribution in [-0.4, -0.2) is 17.8 Å². The number of aliphatic hydroxyl groups is 1. The predicted octanol–water partition coefficient (Wildman–Crippen LogP) is 3.72. The summed E-state index contributed by atoms with van der Waals surface area (Å²) in [6.45, 7) is 9.80. The highest BCUT2D eigenvalue weighted by Crippen LogP contribution is 2.22. The van der Waals surface area contributed by atoms with Crippen LogP contribution < -0.4 is 5.32 Å². The van der Waals surface area contributed by atoms with E-state index in [1.165, 1.54) is 19.1 Å². The second kappa shape index (κ2) is 6.64. The van der Waals surface area contributed by atoms with Crippen LogP contribution in [0, 0.1) is 24.0 Å². The minimum Gasteiger partial charge on any atom is -0.392 e. The molecule has 4 heteroatoms. The van der Waals surface area contributed by atoms with Crippen LogP contribution in [0.5, 0.6) is 0 Å². The molecule has 0 heterocycles. The molecule has 2 unspecified atom stereocenters. The van der Waals surface area contributed by atoms with Crippen LogP contribution >= 0.6 is 0 Å². The SMILES string of the molecule is Cc1cc(F)c(C(C)NCC(O)CC(C)(C)C)cc1F. The number of nitrogens with one attached hydrogen (secondary N) is 1. The number of hydrogen-bond acceptors (Lipinski definition) is 2. The largest absolute Gasteiger partial charge is 0.392 e. The Morgan fingerprint density at radius 3 is 2.35 bits per heavy atom. The highest BCUT2D eigenvalue weighted by molar-refractivity contribution is 5.27. The monoisotopic (exact) mass is 285 g/mol. The van der Waals surface area contributed by atoms with Gasteiger partial charge in [-0.3, -0.25) is 0 Å². The molecular weight excluding hydrogens is 260 g/mol. The molecule has 0 radical (unpaired) electrons. The molecule has 1 aromatic rings. The first-order chi connectivity index (χ1) is 9.10. The van der Waals surface area contributed by atoms with Crippen LogP contribution in [0.25, 0.3) is 0 Å². The van der Waals surface area contributed by atoms with Crippen LogP contribution in [-0.2, 0) is 0 Å². The van der Waals surface area contributed by atoms with Crippen molar-refractivity contribution in [1.82, 2.24) is 5.32 Å². The third-order valence-corrected chi connectivity index (χ3v) is 3.25. The molecule has 0 aromatic heterocycles. The molecule has 2 nitrogen and oxygen atoms in total. The fraction of sp³-hybridized carbons (Fsp3) is 0.625. The number of rotatable bonds is 5. The van der Waals surface area contributed by atoms with Gasteiger partial charge in [-0.05, 0) is 43.4 Å². The van der Waals surface area contributed by atoms with E-state index in [1.807, 2.05) is 0 Å². The number of hydrogen-bond donors (Lipinski definition) is 2. The zero-order chi connectivity index (χ0) is 15.5. The number of halogens is 2. The molecule has 0 aliphatic carbocycles. The lowest BCUT2D eigenvalue weighted by molar-refractivity contribution is 0.117. The van der Waals surface area contributed by atoms with Crippen molar-refractivity contribution in [2.24, 2.45) is 5.41 Å². The van der Waals surface area contributed by atoms with Crippen LogP contribution in [0.1, 0.15) is 51.3 Å². The summed E-state index contributed by atoms with van der Waals surface area (Å²) >= 11 is 0. The number of aliphatic hydroxyl groups excluding tert-OH is 1. The summed E-state index contributed by atoms with van der Waals surface area (Å²) in [6, 6.07) is 2.08. The topological polar surface area (TPSA) is 32.3 Å². The molecule has 1 aromatic carbocycles. The fourth-order valence-corrected chi connectivity index (χ4v) is 2.20. The first-order valence-corrected chi connectivity index (χ1v) is 6.97. The average Bonchev–Trinajstić information content (AvgIpc) is 2.28. The molecule has 0 spiro atoms. The summed E-state index contributed by atoms with van der Waals surface area (Å²) in [5.41, 5.74) is 0.619. The maximum atomic E-state index is 13.8. The molecule has 2 N–H and O–H groups in total. The molecule has 114 valence electrons. The van der Waals surface area contributed by atoms with E-state index in [2.05, 4.69) is 26.1 Å². The van der Waals surface area contributed by atoms with Crippen molar-refractivity contribution < 1.29 is 13.9 Å². The lowest BCUT2D eigenvalue weighted by Gasteiger charge is -2.24. The highest BCUT2D eigenvalue weighted by Gasteiger charge is 2.18. The van der Waals surface area contributed by atoms with E-state index in [0.717, 1.165) is 0 Å². The third kappa shape index (κ3) is 5.17. The minimum atomic E-state index is -0.504. The van der Waals surface area contributed by atoms with Crippen molar-refractivity contribution in [2.45, 2.75) is 53.2 Å². The summed E-state index contributed by atoms with van der Waals surface area (Å²) in [4.78, 5) is 0. The summed E-state index contributed by atoms with van der Waals surface area (Å²) in [5.74, 6) is -0.834. The molecule has 1 rings (SSSR count). The van der Waals surface area contributed by atoms with Gasteiger partial charge in [0.25, 0.3) is 0 Å². The Hall–Kier alpha value is -1.00. The van der Waals surface area contributed by atoms with Gasteiger partial charge < -0.3 is 10.4 Å². The standard InChI is InChI=1S/C16H25F2NO/c1-10-6-15(18)13(7-14(10)17)11(2)19-9-12(20)8-16(3,4)5/h6-7,11-12,19-20H,8-9H2,1-5H3. The molecule has 0 saturated heterocycles. The fourth-order valence-electron chi connectivity index (χ4n) is 2.20. The van der Waals surface area contributed by atoms with Gasteiger partial charge in [-0.25, -0.2) is 8.78 Å². The van der Waals surface area contributed by atoms with E-state index in [-0.39, 0.29) is 17.0 Å². The van der Waals surface area contributed by atoms with Crippen molar-refractivity contribution >= 4 is 0 Å². The Labute approximate surface area is 120 Å². The van der Waals surface area contributed by atoms with Crippen LogP contribution in [0.3, 0.4) is 0 Å². The quantitative estimate of drug-likeness (QED) is 0.864. The van der Waals surface area contributed by atoms with E-state index in [4.69, 9.17) is 0 Å². The van der Waals surface area contributed by atoms with Crippen molar-refractivity contribution in [3.05, 3.63) is 34.9 Å². The number of benzene rings is 1. The summed E-state index contributed by atoms with van der Waals surface area (Å²) in [6.07, 6.45) is 0.146. The van der Waals surface area contributed by atoms with Gasteiger partial charge in [-0.2, -0.15) is 0 Å². The smallest absolute Gasteiger partial charge is 0.128 e. The van der Waals surface area contributed by atoms with Crippen molar-refractivity contribution in [3.8, 4) is 0 Å². The minimum absolute atomic E-state index is 0.0333. The zero-order valence-electron chi connectivity index (χ0n) is 12.9. The van der Waals surface area contributed by atoms with Gasteiger partial charge in [0.2, 0.25) is 0 Å². The van der Waals surface area contributed by atoms with Crippen molar-refractivity contribution in [1.29, 1.82) is 0 Å². The highest BCUT2D eigenvalue weighted by atomic mass is 19.1. The molecular formula is C16H25F2NO. The second-order valence-electron chi connectivity index (χ2n) is 6.67. The van der Waals surface area contributed by atoms with E-state index in [0.29, 0.717) is 18.5 Å². The Kier molecular flexibility index (Phi) is 5.66. The number of aryl methyl sites for hydroxylation is 1. The van der Waals surface area contributed by atoms with E-state index in [1.54, 1.807) is 6.92 Å². The first-order valence-electron chi connectivity index (χ1n) is 6.97. The van der Waals surface area contributed by atoms with Gasteiger partial charge in [0.05, 0.1) is 6.10 Å². The van der Waals surface area contributed by atoms with Crippen molar-refractivity contribution in [3.63, 3.8) is 0 Å². The zero-order valence-corrected chi connectivity index (χ0v) is 12.9. The lowest BCUT2D eigenvalue weighted by atomic mass is 9.89. The summed E-state index contributed by atoms with van der Waals surface area (Å²) < 4.78 is 27.3. The van der Waals surface area contributed by atoms with Gasteiger partial charge in [-0.1, -0.05) is 20.8 Å². The van der Waals surface area contributed by atoms with Gasteiger partial charge in [0.15, 0.2) is 0 Å². The third-order valence-electron chi connectivity index (χ3n) is 3.25. The van der Waals surface area contributed by atoms with Gasteiger partial charge >= 0.3 is 0 Å². The first kappa shape index (κ1) is 17.1. The Morgan fingerprint density at radius 2 is 1.80 bits per heavy atom. The maximum absolute atomic E-state index is 13.8. The van der Waals surface area contributed by atoms with E-state index >= 15 is 0 Å². The molecule has 0 aliphatic rings. The maximum Gasteiger partial charge on any atom is 0.128 e. The Bertz CT molecular complexity index is 455. The molecule has 2 atom stereocenters. The molecule has 0 aliphatic heterocycles. The normalized spacial score (nSPS) is 15.2. The Morgan fingerprint density at radius 1 is 1.20 bits per heavy atom. The second-order valence-corrected chi connectivity index (χ2v) is 6.67. The van der Waals surface area contributed by atoms with Gasteiger partial charge in [-0.15, -0.1) is 0 Å². The average molecular weight is 285 g/mol. The molecule has 0 bridgehead atoms. The van der Waals surface area contributed by atoms with Crippen LogP contribution in [0.2, 0.25) is 0 Å². The molecule has 20 heavy (non-hydrogen) atoms.